The van der Waals surface area contributed by atoms with Crippen molar-refractivity contribution in [2.24, 2.45) is 0 Å². The largest absolute Gasteiger partial charge is 0.307 e. The molecule has 0 N–H and O–H groups in total. The summed E-state index contributed by atoms with van der Waals surface area (Å²) < 4.78 is 0. The van der Waals surface area contributed by atoms with Crippen LogP contribution in [-0.2, 0) is 6.42 Å². The molecule has 2 aromatic heterocycles. The quantitative estimate of drug-likeness (QED) is 0.772. The molecule has 3 nitrogen and oxygen atoms in total. The molecular weight excluding hydrogens is 232 g/mol. The topological polar surface area (TPSA) is 33.2 Å². The van der Waals surface area contributed by atoms with E-state index < -0.39 is 0 Å². The van der Waals surface area contributed by atoms with Gasteiger partial charge in [-0.15, -0.1) is 11.3 Å². The zero-order valence-corrected chi connectivity index (χ0v) is 10.1. The maximum absolute atomic E-state index is 12.3. The average molecular weight is 244 g/mol. The molecule has 0 fully saturated rings. The van der Waals surface area contributed by atoms with Gasteiger partial charge in [0.15, 0.2) is 0 Å². The Balaban J connectivity index is 1.98. The zero-order valence-electron chi connectivity index (χ0n) is 9.30. The van der Waals surface area contributed by atoms with E-state index in [1.807, 2.05) is 34.7 Å². The number of hydrogen-bond donors (Lipinski definition) is 0. The SMILES string of the molecule is O=C(c1cccs1)N1CCCc2cnccc21. The molecule has 0 spiro atoms. The normalized spacial score (nSPS) is 14.5. The lowest BCUT2D eigenvalue weighted by Gasteiger charge is -2.28. The molecule has 0 unspecified atom stereocenters. The van der Waals surface area contributed by atoms with Crippen LogP contribution >= 0.6 is 11.3 Å². The van der Waals surface area contributed by atoms with Crippen LogP contribution in [0.1, 0.15) is 21.7 Å². The summed E-state index contributed by atoms with van der Waals surface area (Å²) in [6.45, 7) is 0.799. The Morgan fingerprint density at radius 3 is 3.18 bits per heavy atom. The third-order valence-corrected chi connectivity index (χ3v) is 3.83. The van der Waals surface area contributed by atoms with E-state index in [-0.39, 0.29) is 5.91 Å². The van der Waals surface area contributed by atoms with Crippen molar-refractivity contribution >= 4 is 22.9 Å². The van der Waals surface area contributed by atoms with Gasteiger partial charge in [-0.1, -0.05) is 6.07 Å². The highest BCUT2D eigenvalue weighted by Crippen LogP contribution is 2.28. The van der Waals surface area contributed by atoms with Crippen LogP contribution in [0.5, 0.6) is 0 Å². The first kappa shape index (κ1) is 10.5. The van der Waals surface area contributed by atoms with E-state index >= 15 is 0 Å². The number of carbonyl (C=O) groups excluding carboxylic acids is 1. The predicted molar refractivity (Wildman–Crippen MR) is 68.6 cm³/mol. The molecule has 0 saturated heterocycles. The van der Waals surface area contributed by atoms with Crippen molar-refractivity contribution in [2.75, 3.05) is 11.4 Å². The van der Waals surface area contributed by atoms with Crippen molar-refractivity contribution in [1.82, 2.24) is 4.98 Å². The molecule has 3 rings (SSSR count). The van der Waals surface area contributed by atoms with Gasteiger partial charge in [0.1, 0.15) is 0 Å². The van der Waals surface area contributed by atoms with Crippen LogP contribution < -0.4 is 4.90 Å². The van der Waals surface area contributed by atoms with Crippen LogP contribution in [0.15, 0.2) is 36.0 Å². The van der Waals surface area contributed by atoms with Gasteiger partial charge < -0.3 is 4.90 Å². The van der Waals surface area contributed by atoms with Crippen LogP contribution in [0, 0.1) is 0 Å². The number of thiophene rings is 1. The number of aryl methyl sites for hydroxylation is 1. The smallest absolute Gasteiger partial charge is 0.268 e. The lowest BCUT2D eigenvalue weighted by Crippen LogP contribution is -2.35. The first-order chi connectivity index (χ1) is 8.36. The van der Waals surface area contributed by atoms with Gasteiger partial charge in [0.2, 0.25) is 0 Å². The van der Waals surface area contributed by atoms with Crippen LogP contribution in [0.25, 0.3) is 0 Å². The minimum absolute atomic E-state index is 0.104. The molecule has 0 aliphatic carbocycles. The summed E-state index contributed by atoms with van der Waals surface area (Å²) in [4.78, 5) is 19.1. The van der Waals surface area contributed by atoms with Gasteiger partial charge in [0.05, 0.1) is 10.6 Å². The van der Waals surface area contributed by atoms with E-state index in [9.17, 15) is 4.79 Å². The molecule has 86 valence electrons. The Morgan fingerprint density at radius 1 is 1.41 bits per heavy atom. The summed E-state index contributed by atoms with van der Waals surface area (Å²) in [5.74, 6) is 0.104. The fourth-order valence-electron chi connectivity index (χ4n) is 2.17. The summed E-state index contributed by atoms with van der Waals surface area (Å²) in [5, 5.41) is 1.94. The highest BCUT2D eigenvalue weighted by Gasteiger charge is 2.23. The fourth-order valence-corrected chi connectivity index (χ4v) is 2.84. The van der Waals surface area contributed by atoms with E-state index in [1.165, 1.54) is 16.9 Å². The van der Waals surface area contributed by atoms with E-state index in [0.29, 0.717) is 0 Å². The molecule has 1 aliphatic rings. The Kier molecular flexibility index (Phi) is 2.65. The van der Waals surface area contributed by atoms with Gasteiger partial charge in [-0.05, 0) is 35.9 Å². The van der Waals surface area contributed by atoms with E-state index in [0.717, 1.165) is 30.0 Å². The number of aromatic nitrogens is 1. The number of anilines is 1. The Bertz CT molecular complexity index is 536. The summed E-state index contributed by atoms with van der Waals surface area (Å²) >= 11 is 1.49. The minimum atomic E-state index is 0.104. The van der Waals surface area contributed by atoms with Crippen LogP contribution in [-0.4, -0.2) is 17.4 Å². The molecule has 0 aromatic carbocycles. The first-order valence-corrected chi connectivity index (χ1v) is 6.52. The standard InChI is InChI=1S/C13H12N2OS/c16-13(12-4-2-8-17-12)15-7-1-3-10-9-14-6-5-11(10)15/h2,4-6,8-9H,1,3,7H2. The summed E-state index contributed by atoms with van der Waals surface area (Å²) in [6.07, 6.45) is 5.63. The lowest BCUT2D eigenvalue weighted by molar-refractivity contribution is 0.0989. The van der Waals surface area contributed by atoms with Crippen LogP contribution in [0.4, 0.5) is 5.69 Å². The number of rotatable bonds is 1. The molecule has 3 heterocycles. The van der Waals surface area contributed by atoms with E-state index in [4.69, 9.17) is 0 Å². The summed E-state index contributed by atoms with van der Waals surface area (Å²) in [7, 11) is 0. The lowest BCUT2D eigenvalue weighted by atomic mass is 10.0. The summed E-state index contributed by atoms with van der Waals surface area (Å²) in [6, 6.07) is 5.72. The first-order valence-electron chi connectivity index (χ1n) is 5.64. The maximum atomic E-state index is 12.3. The third-order valence-electron chi connectivity index (χ3n) is 2.97. The van der Waals surface area contributed by atoms with Crippen molar-refractivity contribution in [2.45, 2.75) is 12.8 Å². The van der Waals surface area contributed by atoms with Crippen molar-refractivity contribution in [3.63, 3.8) is 0 Å². The molecule has 0 atom stereocenters. The van der Waals surface area contributed by atoms with E-state index in [1.54, 1.807) is 6.20 Å². The van der Waals surface area contributed by atoms with Crippen molar-refractivity contribution < 1.29 is 4.79 Å². The molecule has 17 heavy (non-hydrogen) atoms. The fraction of sp³-hybridized carbons (Fsp3) is 0.231. The second-order valence-electron chi connectivity index (χ2n) is 4.04. The summed E-state index contributed by atoms with van der Waals surface area (Å²) in [5.41, 5.74) is 2.19. The molecule has 0 saturated carbocycles. The van der Waals surface area contributed by atoms with Gasteiger partial charge >= 0.3 is 0 Å². The number of pyridine rings is 1. The molecule has 1 aliphatic heterocycles. The molecule has 0 bridgehead atoms. The number of hydrogen-bond acceptors (Lipinski definition) is 3. The average Bonchev–Trinajstić information content (AvgIpc) is 2.91. The second-order valence-corrected chi connectivity index (χ2v) is 4.99. The number of carbonyl (C=O) groups is 1. The molecule has 0 radical (unpaired) electrons. The number of nitrogens with zero attached hydrogens (tertiary/aromatic N) is 2. The van der Waals surface area contributed by atoms with Crippen molar-refractivity contribution in [1.29, 1.82) is 0 Å². The molecule has 2 aromatic rings. The van der Waals surface area contributed by atoms with Crippen molar-refractivity contribution in [3.8, 4) is 0 Å². The van der Waals surface area contributed by atoms with Gasteiger partial charge in [0, 0.05) is 18.9 Å². The monoisotopic (exact) mass is 244 g/mol. The van der Waals surface area contributed by atoms with Gasteiger partial charge in [-0.25, -0.2) is 0 Å². The van der Waals surface area contributed by atoms with Gasteiger partial charge in [-0.2, -0.15) is 0 Å². The maximum Gasteiger partial charge on any atom is 0.268 e. The molecule has 4 heteroatoms. The van der Waals surface area contributed by atoms with Crippen LogP contribution in [0.3, 0.4) is 0 Å². The van der Waals surface area contributed by atoms with Crippen molar-refractivity contribution in [3.05, 3.63) is 46.4 Å². The Morgan fingerprint density at radius 2 is 2.35 bits per heavy atom. The van der Waals surface area contributed by atoms with E-state index in [2.05, 4.69) is 4.98 Å². The van der Waals surface area contributed by atoms with Gasteiger partial charge in [-0.3, -0.25) is 9.78 Å². The third kappa shape index (κ3) is 1.85. The van der Waals surface area contributed by atoms with Gasteiger partial charge in [0.25, 0.3) is 5.91 Å². The highest BCUT2D eigenvalue weighted by molar-refractivity contribution is 7.12. The molecular formula is C13H12N2OS. The Labute approximate surface area is 104 Å². The highest BCUT2D eigenvalue weighted by atomic mass is 32.1. The van der Waals surface area contributed by atoms with Crippen LogP contribution in [0.2, 0.25) is 0 Å². The number of amides is 1. The number of fused-ring (bicyclic) bond motifs is 1. The predicted octanol–water partition coefficient (Wildman–Crippen LogP) is 2.74. The second kappa shape index (κ2) is 4.30. The molecule has 1 amide bonds. The minimum Gasteiger partial charge on any atom is -0.307 e. The Hall–Kier alpha value is -1.68. The zero-order chi connectivity index (χ0) is 11.7.